The standard InChI is InChI=1S/C35H48N6O4/c1-35(2,3)24-19-23(22-42)33(44-6)29(20-24)39-34(43)38-28-15-16-30(27-12-8-7-11-26(27)28)45-25-14-17-32(37)41(21-25)31(36)13-9-10-18-40(4)5/h7-8,11-12,14,17,19-21,28,30,36-37,42H,9-10,13,15-16,18,22H2,1-6H3,(H2,38,39,43). The highest BCUT2D eigenvalue weighted by Gasteiger charge is 2.30. The van der Waals surface area contributed by atoms with Crippen molar-refractivity contribution in [1.82, 2.24) is 14.8 Å². The number of ether oxygens (including phenoxy) is 2. The molecule has 1 aliphatic rings. The fourth-order valence-corrected chi connectivity index (χ4v) is 5.69. The van der Waals surface area contributed by atoms with E-state index in [-0.39, 0.29) is 35.7 Å². The van der Waals surface area contributed by atoms with Crippen LogP contribution in [0, 0.1) is 10.8 Å². The first-order valence-electron chi connectivity index (χ1n) is 15.6. The van der Waals surface area contributed by atoms with Crippen LogP contribution in [0.5, 0.6) is 11.5 Å². The molecule has 1 aliphatic carbocycles. The van der Waals surface area contributed by atoms with Gasteiger partial charge in [0.25, 0.3) is 0 Å². The van der Waals surface area contributed by atoms with Crippen LogP contribution in [0.1, 0.15) is 87.3 Å². The average molecular weight is 617 g/mol. The minimum absolute atomic E-state index is 0.188. The third-order valence-electron chi connectivity index (χ3n) is 8.16. The molecular weight excluding hydrogens is 568 g/mol. The fourth-order valence-electron chi connectivity index (χ4n) is 5.69. The van der Waals surface area contributed by atoms with Crippen LogP contribution in [0.3, 0.4) is 0 Å². The van der Waals surface area contributed by atoms with E-state index < -0.39 is 0 Å². The van der Waals surface area contributed by atoms with Crippen molar-refractivity contribution >= 4 is 17.6 Å². The van der Waals surface area contributed by atoms with Crippen LogP contribution in [-0.2, 0) is 12.0 Å². The summed E-state index contributed by atoms with van der Waals surface area (Å²) in [6, 6.07) is 14.6. The number of nitrogens with zero attached hydrogens (tertiary/aromatic N) is 2. The summed E-state index contributed by atoms with van der Waals surface area (Å²) >= 11 is 0. The van der Waals surface area contributed by atoms with Gasteiger partial charge in [0.2, 0.25) is 0 Å². The Hall–Kier alpha value is -4.15. The van der Waals surface area contributed by atoms with Crippen LogP contribution in [0.2, 0.25) is 0 Å². The topological polar surface area (TPSA) is 136 Å². The van der Waals surface area contributed by atoms with Gasteiger partial charge < -0.3 is 30.1 Å². The van der Waals surface area contributed by atoms with Gasteiger partial charge in [-0.3, -0.25) is 15.4 Å². The number of benzene rings is 2. The molecule has 242 valence electrons. The lowest BCUT2D eigenvalue weighted by atomic mass is 9.85. The van der Waals surface area contributed by atoms with E-state index in [4.69, 9.17) is 20.3 Å². The second-order valence-corrected chi connectivity index (χ2v) is 12.9. The molecule has 0 bridgehead atoms. The maximum absolute atomic E-state index is 13.3. The van der Waals surface area contributed by atoms with E-state index in [2.05, 4.69) is 36.3 Å². The molecule has 0 spiro atoms. The van der Waals surface area contributed by atoms with Crippen LogP contribution in [0.4, 0.5) is 10.5 Å². The van der Waals surface area contributed by atoms with Crippen LogP contribution >= 0.6 is 0 Å². The van der Waals surface area contributed by atoms with E-state index in [0.29, 0.717) is 47.8 Å². The van der Waals surface area contributed by atoms with Crippen molar-refractivity contribution in [1.29, 1.82) is 10.8 Å². The van der Waals surface area contributed by atoms with Crippen molar-refractivity contribution < 1.29 is 19.4 Å². The van der Waals surface area contributed by atoms with Gasteiger partial charge >= 0.3 is 6.03 Å². The number of aliphatic hydroxyl groups is 1. The Morgan fingerprint density at radius 2 is 1.82 bits per heavy atom. The van der Waals surface area contributed by atoms with Gasteiger partial charge in [-0.2, -0.15) is 0 Å². The lowest BCUT2D eigenvalue weighted by Gasteiger charge is -2.32. The van der Waals surface area contributed by atoms with Gasteiger partial charge in [-0.15, -0.1) is 0 Å². The zero-order valence-electron chi connectivity index (χ0n) is 27.4. The number of methoxy groups -OCH3 is 1. The molecule has 10 heteroatoms. The van der Waals surface area contributed by atoms with Crippen LogP contribution in [0.15, 0.2) is 54.7 Å². The molecule has 4 rings (SSSR count). The molecule has 10 nitrogen and oxygen atoms in total. The molecule has 5 N–H and O–H groups in total. The van der Waals surface area contributed by atoms with Crippen molar-refractivity contribution in [2.75, 3.05) is 33.1 Å². The summed E-state index contributed by atoms with van der Waals surface area (Å²) in [5.41, 5.74) is 4.12. The quantitative estimate of drug-likeness (QED) is 0.101. The van der Waals surface area contributed by atoms with Crippen molar-refractivity contribution in [3.63, 3.8) is 0 Å². The first kappa shape index (κ1) is 33.7. The average Bonchev–Trinajstić information content (AvgIpc) is 3.00. The number of aliphatic hydroxyl groups excluding tert-OH is 1. The summed E-state index contributed by atoms with van der Waals surface area (Å²) in [6.07, 6.45) is 5.28. The Kier molecular flexibility index (Phi) is 11.1. The highest BCUT2D eigenvalue weighted by Crippen LogP contribution is 2.39. The van der Waals surface area contributed by atoms with Crippen molar-refractivity contribution in [3.8, 4) is 11.5 Å². The number of fused-ring (bicyclic) bond motifs is 1. The largest absolute Gasteiger partial charge is 0.494 e. The number of nitrogens with one attached hydrogen (secondary N) is 4. The number of carbonyl (C=O) groups excluding carboxylic acids is 1. The van der Waals surface area contributed by atoms with Gasteiger partial charge in [0.1, 0.15) is 28.9 Å². The number of amides is 2. The SMILES string of the molecule is COc1c(CO)cc(C(C)(C)C)cc1NC(=O)NC1CCC(Oc2ccc(=N)n(C(=N)CCCCN(C)C)c2)c2ccccc21. The van der Waals surface area contributed by atoms with Gasteiger partial charge in [0.15, 0.2) is 0 Å². The normalized spacial score (nSPS) is 16.2. The Morgan fingerprint density at radius 3 is 2.49 bits per heavy atom. The monoisotopic (exact) mass is 616 g/mol. The summed E-state index contributed by atoms with van der Waals surface area (Å²) in [5.74, 6) is 1.41. The Balaban J connectivity index is 1.48. The number of carbonyl (C=O) groups is 1. The number of aromatic nitrogens is 1. The highest BCUT2D eigenvalue weighted by atomic mass is 16.5. The molecule has 0 radical (unpaired) electrons. The molecule has 0 fully saturated rings. The fraction of sp³-hybridized carbons (Fsp3) is 0.457. The number of hydrogen-bond donors (Lipinski definition) is 5. The molecule has 3 aromatic rings. The summed E-state index contributed by atoms with van der Waals surface area (Å²) in [4.78, 5) is 15.5. The second-order valence-electron chi connectivity index (χ2n) is 12.9. The Labute approximate surface area is 266 Å². The van der Waals surface area contributed by atoms with Crippen molar-refractivity contribution in [3.05, 3.63) is 82.5 Å². The Bertz CT molecular complexity index is 1560. The lowest BCUT2D eigenvalue weighted by molar-refractivity contribution is 0.171. The number of rotatable bonds is 11. The van der Waals surface area contributed by atoms with Gasteiger partial charge in [-0.25, -0.2) is 4.79 Å². The number of hydrogen-bond acceptors (Lipinski definition) is 7. The molecular formula is C35H48N6O4. The maximum atomic E-state index is 13.3. The van der Waals surface area contributed by atoms with Gasteiger partial charge in [0.05, 0.1) is 31.6 Å². The molecule has 2 amide bonds. The summed E-state index contributed by atoms with van der Waals surface area (Å²) in [7, 11) is 5.61. The first-order chi connectivity index (χ1) is 21.4. The van der Waals surface area contributed by atoms with Gasteiger partial charge in [-0.05, 0) is 92.7 Å². The lowest BCUT2D eigenvalue weighted by Crippen LogP contribution is -2.36. The number of pyridine rings is 1. The molecule has 0 aliphatic heterocycles. The second kappa shape index (κ2) is 14.8. The van der Waals surface area contributed by atoms with Crippen LogP contribution in [0.25, 0.3) is 0 Å². The Morgan fingerprint density at radius 1 is 1.09 bits per heavy atom. The molecule has 0 saturated carbocycles. The van der Waals surface area contributed by atoms with E-state index in [1.54, 1.807) is 22.9 Å². The van der Waals surface area contributed by atoms with Crippen molar-refractivity contribution in [2.24, 2.45) is 0 Å². The van der Waals surface area contributed by atoms with E-state index in [0.717, 1.165) is 36.1 Å². The van der Waals surface area contributed by atoms with Crippen LogP contribution < -0.4 is 25.6 Å². The van der Waals surface area contributed by atoms with E-state index in [1.807, 2.05) is 50.5 Å². The number of urea groups is 1. The molecule has 0 saturated heterocycles. The predicted octanol–water partition coefficient (Wildman–Crippen LogP) is 6.10. The summed E-state index contributed by atoms with van der Waals surface area (Å²) in [6.45, 7) is 7.00. The molecule has 2 atom stereocenters. The van der Waals surface area contributed by atoms with E-state index in [1.165, 1.54) is 7.11 Å². The third kappa shape index (κ3) is 8.52. The number of unbranched alkanes of at least 4 members (excludes halogenated alkanes) is 1. The molecule has 1 heterocycles. The van der Waals surface area contributed by atoms with Gasteiger partial charge in [-0.1, -0.05) is 45.0 Å². The van der Waals surface area contributed by atoms with Crippen LogP contribution in [-0.4, -0.2) is 54.2 Å². The first-order valence-corrected chi connectivity index (χ1v) is 15.6. The minimum Gasteiger partial charge on any atom is -0.494 e. The minimum atomic E-state index is -0.362. The number of anilines is 1. The highest BCUT2D eigenvalue weighted by molar-refractivity contribution is 5.92. The molecule has 45 heavy (non-hydrogen) atoms. The van der Waals surface area contributed by atoms with E-state index in [9.17, 15) is 9.90 Å². The maximum Gasteiger partial charge on any atom is 0.319 e. The van der Waals surface area contributed by atoms with Gasteiger partial charge in [0, 0.05) is 12.0 Å². The van der Waals surface area contributed by atoms with Crippen molar-refractivity contribution in [2.45, 2.75) is 77.0 Å². The molecule has 2 aromatic carbocycles. The molecule has 2 unspecified atom stereocenters. The smallest absolute Gasteiger partial charge is 0.319 e. The van der Waals surface area contributed by atoms with E-state index >= 15 is 0 Å². The summed E-state index contributed by atoms with van der Waals surface area (Å²) in [5, 5.41) is 33.0. The summed E-state index contributed by atoms with van der Waals surface area (Å²) < 4.78 is 13.6. The zero-order chi connectivity index (χ0) is 32.7. The third-order valence-corrected chi connectivity index (χ3v) is 8.16. The predicted molar refractivity (Wildman–Crippen MR) is 177 cm³/mol. The zero-order valence-corrected chi connectivity index (χ0v) is 27.4. The molecule has 1 aromatic heterocycles.